The molecule has 1 atom stereocenters. The molecule has 1 unspecified atom stereocenters. The van der Waals surface area contributed by atoms with Crippen molar-refractivity contribution in [1.82, 2.24) is 10.1 Å². The van der Waals surface area contributed by atoms with Gasteiger partial charge >= 0.3 is 5.97 Å². The van der Waals surface area contributed by atoms with Crippen LogP contribution in [0, 0.1) is 5.41 Å². The molecule has 1 aromatic heterocycles. The molecule has 0 bridgehead atoms. The highest BCUT2D eigenvalue weighted by molar-refractivity contribution is 7.99. The molecule has 0 aliphatic carbocycles. The fourth-order valence-corrected chi connectivity index (χ4v) is 2.11. The molecule has 0 aliphatic heterocycles. The van der Waals surface area contributed by atoms with Crippen LogP contribution in [0.25, 0.3) is 0 Å². The average Bonchev–Trinajstić information content (AvgIpc) is 2.72. The van der Waals surface area contributed by atoms with Crippen LogP contribution in [0.15, 0.2) is 4.52 Å². The number of carbonyl (C=O) groups is 1. The lowest BCUT2D eigenvalue weighted by molar-refractivity contribution is -0.133. The Balaban J connectivity index is 2.68. The van der Waals surface area contributed by atoms with E-state index in [-0.39, 0.29) is 17.3 Å². The summed E-state index contributed by atoms with van der Waals surface area (Å²) in [6, 6.07) is 0. The van der Waals surface area contributed by atoms with Crippen molar-refractivity contribution in [2.45, 2.75) is 39.6 Å². The average molecular weight is 288 g/mol. The van der Waals surface area contributed by atoms with E-state index in [1.807, 2.05) is 27.7 Å². The Hall–Kier alpha value is -1.08. The number of ether oxygens (including phenoxy) is 1. The molecule has 0 amide bonds. The first kappa shape index (κ1) is 16.0. The molecule has 108 valence electrons. The number of aliphatic carboxylic acids is 1. The van der Waals surface area contributed by atoms with Crippen molar-refractivity contribution in [3.05, 3.63) is 11.7 Å². The summed E-state index contributed by atoms with van der Waals surface area (Å²) in [4.78, 5) is 14.7. The first-order valence-corrected chi connectivity index (χ1v) is 7.23. The third-order valence-corrected chi connectivity index (χ3v) is 3.19. The zero-order chi connectivity index (χ0) is 14.5. The summed E-state index contributed by atoms with van der Waals surface area (Å²) in [5.74, 6) is 0.496. The Morgan fingerprint density at radius 2 is 2.21 bits per heavy atom. The molecule has 19 heavy (non-hydrogen) atoms. The van der Waals surface area contributed by atoms with Crippen molar-refractivity contribution in [1.29, 1.82) is 0 Å². The van der Waals surface area contributed by atoms with Gasteiger partial charge in [0.1, 0.15) is 6.10 Å². The lowest BCUT2D eigenvalue weighted by atomic mass is 9.88. The van der Waals surface area contributed by atoms with Crippen LogP contribution < -0.4 is 0 Å². The van der Waals surface area contributed by atoms with Gasteiger partial charge in [-0.15, -0.1) is 11.8 Å². The zero-order valence-corrected chi connectivity index (χ0v) is 12.5. The van der Waals surface area contributed by atoms with Gasteiger partial charge in [-0.1, -0.05) is 25.9 Å². The minimum Gasteiger partial charge on any atom is -0.481 e. The number of hydrogen-bond donors (Lipinski definition) is 1. The number of carboxylic acid groups (broad SMARTS) is 1. The van der Waals surface area contributed by atoms with E-state index in [1.54, 1.807) is 0 Å². The summed E-state index contributed by atoms with van der Waals surface area (Å²) in [6.45, 7) is 8.62. The number of nitrogens with zero attached hydrogens (tertiary/aromatic N) is 2. The molecule has 0 saturated heterocycles. The van der Waals surface area contributed by atoms with Gasteiger partial charge in [0.15, 0.2) is 0 Å². The topological polar surface area (TPSA) is 85.5 Å². The molecule has 7 heteroatoms. The standard InChI is InChI=1S/C12H20N2O4S/c1-5-17-10(12(2,3)4)11-13-8(18-14-11)6-19-7-9(15)16/h10H,5-7H2,1-4H3,(H,15,16). The smallest absolute Gasteiger partial charge is 0.313 e. The first-order valence-electron chi connectivity index (χ1n) is 6.08. The highest BCUT2D eigenvalue weighted by atomic mass is 32.2. The third kappa shape index (κ3) is 5.20. The summed E-state index contributed by atoms with van der Waals surface area (Å²) in [7, 11) is 0. The minimum absolute atomic E-state index is 0.0197. The molecule has 0 fully saturated rings. The summed E-state index contributed by atoms with van der Waals surface area (Å²) in [6.07, 6.45) is -0.237. The van der Waals surface area contributed by atoms with E-state index in [2.05, 4.69) is 10.1 Å². The van der Waals surface area contributed by atoms with Crippen LogP contribution in [0.5, 0.6) is 0 Å². The summed E-state index contributed by atoms with van der Waals surface area (Å²) in [5.41, 5.74) is -0.134. The number of hydrogen-bond acceptors (Lipinski definition) is 6. The van der Waals surface area contributed by atoms with Gasteiger partial charge in [0.05, 0.1) is 11.5 Å². The van der Waals surface area contributed by atoms with E-state index in [0.29, 0.717) is 24.1 Å². The van der Waals surface area contributed by atoms with Crippen molar-refractivity contribution in [2.75, 3.05) is 12.4 Å². The highest BCUT2D eigenvalue weighted by Crippen LogP contribution is 2.34. The number of aromatic nitrogens is 2. The van der Waals surface area contributed by atoms with Gasteiger partial charge in [0.25, 0.3) is 0 Å². The van der Waals surface area contributed by atoms with Crippen LogP contribution in [0.1, 0.15) is 45.5 Å². The van der Waals surface area contributed by atoms with E-state index in [9.17, 15) is 4.79 Å². The normalized spacial score (nSPS) is 13.5. The lowest BCUT2D eigenvalue weighted by Gasteiger charge is -2.27. The molecule has 0 aromatic carbocycles. The van der Waals surface area contributed by atoms with E-state index in [1.165, 1.54) is 11.8 Å². The fraction of sp³-hybridized carbons (Fsp3) is 0.750. The Bertz CT molecular complexity index is 414. The van der Waals surface area contributed by atoms with Crippen molar-refractivity contribution >= 4 is 17.7 Å². The Labute approximate surface area is 116 Å². The van der Waals surface area contributed by atoms with Crippen LogP contribution in [-0.2, 0) is 15.3 Å². The molecule has 0 aliphatic rings. The molecule has 0 saturated carbocycles. The predicted molar refractivity (Wildman–Crippen MR) is 71.9 cm³/mol. The molecule has 1 aromatic rings. The fourth-order valence-electron chi connectivity index (χ4n) is 1.54. The molecule has 0 spiro atoms. The van der Waals surface area contributed by atoms with Gasteiger partial charge in [-0.05, 0) is 12.3 Å². The molecule has 1 rings (SSSR count). The van der Waals surface area contributed by atoms with Gasteiger partial charge in [0, 0.05) is 6.61 Å². The van der Waals surface area contributed by atoms with E-state index >= 15 is 0 Å². The first-order chi connectivity index (χ1) is 8.84. The van der Waals surface area contributed by atoms with Crippen molar-refractivity contribution in [2.24, 2.45) is 5.41 Å². The van der Waals surface area contributed by atoms with Gasteiger partial charge in [-0.3, -0.25) is 4.79 Å². The second kappa shape index (κ2) is 6.91. The second-order valence-corrected chi connectivity index (χ2v) is 6.12. The van der Waals surface area contributed by atoms with E-state index in [0.717, 1.165) is 0 Å². The Kier molecular flexibility index (Phi) is 5.81. The van der Waals surface area contributed by atoms with Crippen molar-refractivity contribution in [3.63, 3.8) is 0 Å². The van der Waals surface area contributed by atoms with Gasteiger partial charge in [-0.25, -0.2) is 0 Å². The Morgan fingerprint density at radius 3 is 2.74 bits per heavy atom. The van der Waals surface area contributed by atoms with Gasteiger partial charge in [-0.2, -0.15) is 4.98 Å². The third-order valence-electron chi connectivity index (χ3n) is 2.29. The lowest BCUT2D eigenvalue weighted by Crippen LogP contribution is -2.22. The summed E-state index contributed by atoms with van der Waals surface area (Å²) in [5, 5.41) is 12.5. The zero-order valence-electron chi connectivity index (χ0n) is 11.7. The summed E-state index contributed by atoms with van der Waals surface area (Å²) >= 11 is 1.22. The molecular formula is C12H20N2O4S. The molecule has 1 N–H and O–H groups in total. The minimum atomic E-state index is -0.855. The van der Waals surface area contributed by atoms with Crippen molar-refractivity contribution < 1.29 is 19.2 Å². The molecule has 0 radical (unpaired) electrons. The quantitative estimate of drug-likeness (QED) is 0.825. The molecule has 6 nitrogen and oxygen atoms in total. The number of carboxylic acids is 1. The highest BCUT2D eigenvalue weighted by Gasteiger charge is 2.31. The van der Waals surface area contributed by atoms with E-state index < -0.39 is 5.97 Å². The van der Waals surface area contributed by atoms with Crippen molar-refractivity contribution in [3.8, 4) is 0 Å². The summed E-state index contributed by atoms with van der Waals surface area (Å²) < 4.78 is 10.8. The van der Waals surface area contributed by atoms with Crippen LogP contribution >= 0.6 is 11.8 Å². The van der Waals surface area contributed by atoms with E-state index in [4.69, 9.17) is 14.4 Å². The van der Waals surface area contributed by atoms with Crippen LogP contribution in [0.2, 0.25) is 0 Å². The Morgan fingerprint density at radius 1 is 1.53 bits per heavy atom. The van der Waals surface area contributed by atoms with Gasteiger partial charge in [0.2, 0.25) is 11.7 Å². The molecule has 1 heterocycles. The van der Waals surface area contributed by atoms with Crippen LogP contribution in [0.4, 0.5) is 0 Å². The number of thioether (sulfide) groups is 1. The second-order valence-electron chi connectivity index (χ2n) is 5.13. The van der Waals surface area contributed by atoms with Gasteiger partial charge < -0.3 is 14.4 Å². The maximum Gasteiger partial charge on any atom is 0.313 e. The SMILES string of the molecule is CCOC(c1noc(CSCC(=O)O)n1)C(C)(C)C. The maximum atomic E-state index is 10.4. The van der Waals surface area contributed by atoms with Crippen LogP contribution in [-0.4, -0.2) is 33.6 Å². The predicted octanol–water partition coefficient (Wildman–Crippen LogP) is 2.51. The number of rotatable bonds is 7. The largest absolute Gasteiger partial charge is 0.481 e. The monoisotopic (exact) mass is 288 g/mol. The molecular weight excluding hydrogens is 268 g/mol. The maximum absolute atomic E-state index is 10.4. The van der Waals surface area contributed by atoms with Crippen LogP contribution in [0.3, 0.4) is 0 Å².